The van der Waals surface area contributed by atoms with Crippen molar-refractivity contribution in [2.24, 2.45) is 0 Å². The predicted octanol–water partition coefficient (Wildman–Crippen LogP) is 2.84. The summed E-state index contributed by atoms with van der Waals surface area (Å²) in [4.78, 5) is 44.5. The van der Waals surface area contributed by atoms with Gasteiger partial charge in [0.2, 0.25) is 5.91 Å². The lowest BCUT2D eigenvalue weighted by Crippen LogP contribution is -2.49. The summed E-state index contributed by atoms with van der Waals surface area (Å²) in [6.07, 6.45) is 6.44. The molecular formula is C19H25N3O3S. The van der Waals surface area contributed by atoms with Crippen LogP contribution in [0.25, 0.3) is 0 Å². The van der Waals surface area contributed by atoms with Crippen molar-refractivity contribution in [2.45, 2.75) is 63.1 Å². The summed E-state index contributed by atoms with van der Waals surface area (Å²) >= 11 is 1.63. The van der Waals surface area contributed by atoms with Gasteiger partial charge >= 0.3 is 6.03 Å². The van der Waals surface area contributed by atoms with Crippen LogP contribution in [0.1, 0.15) is 49.8 Å². The zero-order valence-electron chi connectivity index (χ0n) is 15.1. The lowest BCUT2D eigenvalue weighted by atomic mass is 9.81. The molecule has 0 bridgehead atoms. The van der Waals surface area contributed by atoms with Gasteiger partial charge in [0.1, 0.15) is 12.1 Å². The summed E-state index contributed by atoms with van der Waals surface area (Å²) in [6, 6.07) is 3.92. The molecule has 6 nitrogen and oxygen atoms in total. The van der Waals surface area contributed by atoms with Crippen LogP contribution in [0.2, 0.25) is 0 Å². The summed E-state index contributed by atoms with van der Waals surface area (Å²) in [5.41, 5.74) is -0.715. The average Bonchev–Trinajstić information content (AvgIpc) is 3.34. The van der Waals surface area contributed by atoms with E-state index < -0.39 is 5.54 Å². The van der Waals surface area contributed by atoms with Gasteiger partial charge < -0.3 is 9.80 Å². The molecule has 1 saturated heterocycles. The van der Waals surface area contributed by atoms with Crippen molar-refractivity contribution in [2.75, 3.05) is 13.6 Å². The van der Waals surface area contributed by atoms with Crippen LogP contribution in [-0.4, -0.2) is 57.7 Å². The second-order valence-electron chi connectivity index (χ2n) is 7.66. The van der Waals surface area contributed by atoms with Crippen molar-refractivity contribution in [3.63, 3.8) is 0 Å². The highest BCUT2D eigenvalue weighted by molar-refractivity contribution is 7.09. The van der Waals surface area contributed by atoms with Crippen LogP contribution in [0, 0.1) is 0 Å². The van der Waals surface area contributed by atoms with Crippen molar-refractivity contribution in [3.8, 4) is 0 Å². The molecule has 0 radical (unpaired) electrons. The highest BCUT2D eigenvalue weighted by Crippen LogP contribution is 2.39. The van der Waals surface area contributed by atoms with E-state index in [2.05, 4.69) is 0 Å². The van der Waals surface area contributed by atoms with Gasteiger partial charge in [0.25, 0.3) is 5.91 Å². The van der Waals surface area contributed by atoms with Crippen LogP contribution in [0.3, 0.4) is 0 Å². The zero-order valence-corrected chi connectivity index (χ0v) is 16.0. The third-order valence-electron chi connectivity index (χ3n) is 5.99. The minimum Gasteiger partial charge on any atom is -0.333 e. The number of hydrogen-bond acceptors (Lipinski definition) is 4. The quantitative estimate of drug-likeness (QED) is 0.744. The molecule has 4 rings (SSSR count). The number of nitrogens with zero attached hydrogens (tertiary/aromatic N) is 3. The Bertz CT molecular complexity index is 708. The van der Waals surface area contributed by atoms with Crippen molar-refractivity contribution < 1.29 is 14.4 Å². The summed E-state index contributed by atoms with van der Waals surface area (Å²) in [6.45, 7) is 0.435. The summed E-state index contributed by atoms with van der Waals surface area (Å²) in [7, 11) is 1.71. The Morgan fingerprint density at radius 3 is 2.62 bits per heavy atom. The minimum absolute atomic E-state index is 0.121. The predicted molar refractivity (Wildman–Crippen MR) is 98.6 cm³/mol. The first-order chi connectivity index (χ1) is 12.5. The van der Waals surface area contributed by atoms with Crippen molar-refractivity contribution in [1.82, 2.24) is 14.7 Å². The summed E-state index contributed by atoms with van der Waals surface area (Å²) in [5.74, 6) is -0.297. The van der Waals surface area contributed by atoms with E-state index >= 15 is 0 Å². The van der Waals surface area contributed by atoms with Gasteiger partial charge in [0.05, 0.1) is 6.54 Å². The Labute approximate surface area is 157 Å². The van der Waals surface area contributed by atoms with E-state index in [0.717, 1.165) is 37.0 Å². The SMILES string of the molecule is CN1C(=O)N(CC(=O)N(Cc2cccs2)C2CC2)C(=O)C12CCCCC2. The standard InChI is InChI=1S/C19H25N3O3S/c1-20-18(25)22(17(24)19(20)9-3-2-4-10-19)13-16(23)21(14-7-8-14)12-15-6-5-11-26-15/h5-6,11,14H,2-4,7-10,12-13H2,1H3. The Hall–Kier alpha value is -1.89. The third-order valence-corrected chi connectivity index (χ3v) is 6.85. The normalized spacial score (nSPS) is 22.3. The summed E-state index contributed by atoms with van der Waals surface area (Å²) < 4.78 is 0. The number of hydrogen-bond donors (Lipinski definition) is 0. The molecule has 2 heterocycles. The van der Waals surface area contributed by atoms with E-state index in [-0.39, 0.29) is 30.4 Å². The fraction of sp³-hybridized carbons (Fsp3) is 0.632. The molecule has 0 atom stereocenters. The molecule has 0 unspecified atom stereocenters. The molecule has 2 saturated carbocycles. The fourth-order valence-corrected chi connectivity index (χ4v) is 4.98. The Morgan fingerprint density at radius 1 is 1.27 bits per heavy atom. The molecule has 1 aliphatic heterocycles. The van der Waals surface area contributed by atoms with Gasteiger partial charge in [-0.3, -0.25) is 14.5 Å². The highest BCUT2D eigenvalue weighted by Gasteiger charge is 2.56. The second-order valence-corrected chi connectivity index (χ2v) is 8.69. The number of rotatable bonds is 5. The van der Waals surface area contributed by atoms with Crippen molar-refractivity contribution in [1.29, 1.82) is 0 Å². The minimum atomic E-state index is -0.715. The smallest absolute Gasteiger partial charge is 0.327 e. The van der Waals surface area contributed by atoms with E-state index in [1.165, 1.54) is 4.90 Å². The number of thiophene rings is 1. The first kappa shape index (κ1) is 17.5. The van der Waals surface area contributed by atoms with Crippen LogP contribution in [0.5, 0.6) is 0 Å². The van der Waals surface area contributed by atoms with Gasteiger partial charge in [0, 0.05) is 18.0 Å². The lowest BCUT2D eigenvalue weighted by Gasteiger charge is -2.35. The highest BCUT2D eigenvalue weighted by atomic mass is 32.1. The van der Waals surface area contributed by atoms with E-state index in [1.807, 2.05) is 22.4 Å². The van der Waals surface area contributed by atoms with Gasteiger partial charge in [-0.25, -0.2) is 4.79 Å². The van der Waals surface area contributed by atoms with Crippen LogP contribution in [-0.2, 0) is 16.1 Å². The van der Waals surface area contributed by atoms with Crippen molar-refractivity contribution in [3.05, 3.63) is 22.4 Å². The molecule has 1 aromatic heterocycles. The van der Waals surface area contributed by atoms with E-state index in [9.17, 15) is 14.4 Å². The zero-order chi connectivity index (χ0) is 18.3. The number of amides is 4. The van der Waals surface area contributed by atoms with E-state index in [4.69, 9.17) is 0 Å². The Morgan fingerprint density at radius 2 is 2.00 bits per heavy atom. The van der Waals surface area contributed by atoms with Gasteiger partial charge in [-0.15, -0.1) is 11.3 Å². The number of likely N-dealkylation sites (N-methyl/N-ethyl adjacent to an activating group) is 1. The molecule has 0 aromatic carbocycles. The maximum atomic E-state index is 13.1. The molecule has 7 heteroatoms. The molecule has 1 aromatic rings. The number of carbonyl (C=O) groups is 3. The van der Waals surface area contributed by atoms with Crippen LogP contribution in [0.15, 0.2) is 17.5 Å². The molecule has 2 aliphatic carbocycles. The Kier molecular flexibility index (Phi) is 4.50. The largest absolute Gasteiger partial charge is 0.333 e. The van der Waals surface area contributed by atoms with Gasteiger partial charge in [-0.1, -0.05) is 25.3 Å². The molecule has 0 N–H and O–H groups in total. The monoisotopic (exact) mass is 375 g/mol. The average molecular weight is 375 g/mol. The third kappa shape index (κ3) is 2.92. The van der Waals surface area contributed by atoms with Gasteiger partial charge in [-0.05, 0) is 37.1 Å². The molecule has 3 fully saturated rings. The van der Waals surface area contributed by atoms with Crippen LogP contribution < -0.4 is 0 Å². The van der Waals surface area contributed by atoms with Crippen LogP contribution in [0.4, 0.5) is 4.79 Å². The first-order valence-corrected chi connectivity index (χ1v) is 10.3. The van der Waals surface area contributed by atoms with Crippen LogP contribution >= 0.6 is 11.3 Å². The number of imide groups is 1. The summed E-state index contributed by atoms with van der Waals surface area (Å²) in [5, 5.41) is 2.00. The first-order valence-electron chi connectivity index (χ1n) is 9.44. The lowest BCUT2D eigenvalue weighted by molar-refractivity contribution is -0.141. The molecule has 1 spiro atoms. The number of urea groups is 1. The topological polar surface area (TPSA) is 60.9 Å². The van der Waals surface area contributed by atoms with E-state index in [0.29, 0.717) is 19.4 Å². The molecule has 26 heavy (non-hydrogen) atoms. The van der Waals surface area contributed by atoms with Gasteiger partial charge in [-0.2, -0.15) is 0 Å². The maximum Gasteiger partial charge on any atom is 0.327 e. The van der Waals surface area contributed by atoms with Gasteiger partial charge in [0.15, 0.2) is 0 Å². The Balaban J connectivity index is 1.49. The molecule has 4 amide bonds. The molecule has 3 aliphatic rings. The van der Waals surface area contributed by atoms with E-state index in [1.54, 1.807) is 23.3 Å². The number of carbonyl (C=O) groups excluding carboxylic acids is 3. The molecule has 140 valence electrons. The van der Waals surface area contributed by atoms with Crippen molar-refractivity contribution >= 4 is 29.2 Å². The fourth-order valence-electron chi connectivity index (χ4n) is 4.27. The molecular weight excluding hydrogens is 350 g/mol. The second kappa shape index (κ2) is 6.68. The maximum absolute atomic E-state index is 13.1.